The molecule has 5 N–H and O–H groups in total. The quantitative estimate of drug-likeness (QED) is 0.475. The first-order valence-electron chi connectivity index (χ1n) is 5.05. The van der Waals surface area contributed by atoms with E-state index in [-0.39, 0.29) is 12.9 Å². The minimum atomic E-state index is -1.52. The number of carboxylic acids is 1. The molecule has 0 saturated heterocycles. The summed E-state index contributed by atoms with van der Waals surface area (Å²) in [4.78, 5) is 10.5. The second kappa shape index (κ2) is 6.24. The fraction of sp³-hybridized carbons (Fsp3) is 0.300. The highest BCUT2D eigenvalue weighted by atomic mass is 16.5. The zero-order valence-corrected chi connectivity index (χ0v) is 9.11. The lowest BCUT2D eigenvalue weighted by Gasteiger charge is -2.08. The monoisotopic (exact) mass is 239 g/mol. The highest BCUT2D eigenvalue weighted by Crippen LogP contribution is 2.13. The van der Waals surface area contributed by atoms with E-state index in [1.807, 2.05) is 0 Å². The lowest BCUT2D eigenvalue weighted by atomic mass is 9.95. The Kier molecular flexibility index (Phi) is 4.95. The van der Waals surface area contributed by atoms with Crippen LogP contribution < -0.4 is 10.5 Å². The van der Waals surface area contributed by atoms with E-state index in [1.165, 1.54) is 0 Å². The maximum Gasteiger partial charge on any atom is 0.491 e. The van der Waals surface area contributed by atoms with Crippen LogP contribution in [0.3, 0.4) is 0 Å². The summed E-state index contributed by atoms with van der Waals surface area (Å²) in [5, 5.41) is 25.8. The van der Waals surface area contributed by atoms with Crippen molar-refractivity contribution in [2.75, 3.05) is 6.51 Å². The Balaban J connectivity index is 2.53. The molecule has 1 rings (SSSR count). The number of carboxylic acid groups (broad SMARTS) is 1. The van der Waals surface area contributed by atoms with E-state index in [0.29, 0.717) is 5.75 Å². The van der Waals surface area contributed by atoms with Gasteiger partial charge in [-0.15, -0.1) is 0 Å². The molecule has 1 aromatic rings. The third-order valence-corrected chi connectivity index (χ3v) is 2.10. The number of carbonyl (C=O) groups is 1. The first-order chi connectivity index (χ1) is 7.99. The number of ether oxygens (including phenoxy) is 1. The van der Waals surface area contributed by atoms with Crippen LogP contribution in [-0.2, 0) is 11.2 Å². The maximum absolute atomic E-state index is 10.5. The lowest BCUT2D eigenvalue weighted by Crippen LogP contribution is -2.32. The zero-order valence-electron chi connectivity index (χ0n) is 9.11. The van der Waals surface area contributed by atoms with Crippen LogP contribution in [0.4, 0.5) is 0 Å². The van der Waals surface area contributed by atoms with Crippen molar-refractivity contribution >= 4 is 13.1 Å². The summed E-state index contributed by atoms with van der Waals surface area (Å²) in [6.07, 6.45) is 0.234. The largest absolute Gasteiger partial charge is 0.496 e. The van der Waals surface area contributed by atoms with Gasteiger partial charge >= 0.3 is 13.1 Å². The molecule has 0 bridgehead atoms. The molecule has 0 aliphatic carbocycles. The molecule has 6 nitrogen and oxygen atoms in total. The molecule has 0 radical (unpaired) electrons. The van der Waals surface area contributed by atoms with Crippen molar-refractivity contribution in [3.63, 3.8) is 0 Å². The SMILES string of the molecule is NC(Cc1ccc(OCB(O)O)cc1)C(=O)O. The van der Waals surface area contributed by atoms with E-state index in [0.717, 1.165) is 5.56 Å². The van der Waals surface area contributed by atoms with Gasteiger partial charge in [-0.25, -0.2) is 0 Å². The van der Waals surface area contributed by atoms with E-state index >= 15 is 0 Å². The Morgan fingerprint density at radius 2 is 1.94 bits per heavy atom. The van der Waals surface area contributed by atoms with Crippen LogP contribution in [0, 0.1) is 0 Å². The third kappa shape index (κ3) is 4.86. The minimum absolute atomic E-state index is 0.214. The van der Waals surface area contributed by atoms with Gasteiger partial charge in [0.25, 0.3) is 0 Å². The van der Waals surface area contributed by atoms with E-state index in [1.54, 1.807) is 24.3 Å². The predicted octanol–water partition coefficient (Wildman–Crippen LogP) is -0.968. The topological polar surface area (TPSA) is 113 Å². The van der Waals surface area contributed by atoms with Crippen LogP contribution >= 0.6 is 0 Å². The van der Waals surface area contributed by atoms with Crippen molar-refractivity contribution in [3.05, 3.63) is 29.8 Å². The highest BCUT2D eigenvalue weighted by molar-refractivity contribution is 6.40. The van der Waals surface area contributed by atoms with E-state index < -0.39 is 19.1 Å². The molecule has 1 unspecified atom stereocenters. The van der Waals surface area contributed by atoms with Crippen LogP contribution in [0.15, 0.2) is 24.3 Å². The molecule has 0 spiro atoms. The average Bonchev–Trinajstić information content (AvgIpc) is 2.28. The zero-order chi connectivity index (χ0) is 12.8. The summed E-state index contributed by atoms with van der Waals surface area (Å²) in [5.41, 5.74) is 6.16. The van der Waals surface area contributed by atoms with Crippen molar-refractivity contribution < 1.29 is 24.7 Å². The van der Waals surface area contributed by atoms with Gasteiger partial charge in [0.15, 0.2) is 0 Å². The van der Waals surface area contributed by atoms with Crippen molar-refractivity contribution in [2.45, 2.75) is 12.5 Å². The number of hydrogen-bond donors (Lipinski definition) is 4. The first kappa shape index (κ1) is 13.5. The summed E-state index contributed by atoms with van der Waals surface area (Å²) in [6.45, 7) is -0.214. The van der Waals surface area contributed by atoms with Gasteiger partial charge in [0, 0.05) is 0 Å². The number of benzene rings is 1. The fourth-order valence-electron chi connectivity index (χ4n) is 1.23. The van der Waals surface area contributed by atoms with Crippen molar-refractivity contribution in [1.82, 2.24) is 0 Å². The summed E-state index contributed by atoms with van der Waals surface area (Å²) in [6, 6.07) is 5.67. The van der Waals surface area contributed by atoms with Gasteiger partial charge in [-0.05, 0) is 24.1 Å². The van der Waals surface area contributed by atoms with E-state index in [2.05, 4.69) is 0 Å². The summed E-state index contributed by atoms with van der Waals surface area (Å²) < 4.78 is 5.03. The molecule has 1 atom stereocenters. The Labute approximate surface area is 98.8 Å². The molecular formula is C10H14BNO5. The van der Waals surface area contributed by atoms with Crippen LogP contribution in [0.1, 0.15) is 5.56 Å². The minimum Gasteiger partial charge on any atom is -0.496 e. The van der Waals surface area contributed by atoms with Gasteiger partial charge in [0.05, 0.1) is 0 Å². The summed E-state index contributed by atoms with van der Waals surface area (Å²) in [7, 11) is -1.52. The Morgan fingerprint density at radius 1 is 1.35 bits per heavy atom. The summed E-state index contributed by atoms with van der Waals surface area (Å²) in [5.74, 6) is -0.570. The molecule has 0 amide bonds. The van der Waals surface area contributed by atoms with Crippen LogP contribution in [-0.4, -0.2) is 40.8 Å². The van der Waals surface area contributed by atoms with Gasteiger partial charge in [-0.3, -0.25) is 4.79 Å². The second-order valence-electron chi connectivity index (χ2n) is 3.58. The molecule has 1 aromatic carbocycles. The maximum atomic E-state index is 10.5. The molecule has 0 aromatic heterocycles. The number of nitrogens with two attached hydrogens (primary N) is 1. The smallest absolute Gasteiger partial charge is 0.491 e. The van der Waals surface area contributed by atoms with Gasteiger partial charge < -0.3 is 25.6 Å². The first-order valence-corrected chi connectivity index (χ1v) is 5.05. The van der Waals surface area contributed by atoms with Crippen molar-refractivity contribution in [2.24, 2.45) is 5.73 Å². The van der Waals surface area contributed by atoms with Crippen LogP contribution in [0.5, 0.6) is 5.75 Å². The molecule has 7 heteroatoms. The molecule has 0 aliphatic heterocycles. The Morgan fingerprint density at radius 3 is 2.41 bits per heavy atom. The molecule has 0 heterocycles. The molecule has 0 fully saturated rings. The normalized spacial score (nSPS) is 11.9. The van der Waals surface area contributed by atoms with Crippen LogP contribution in [0.2, 0.25) is 0 Å². The van der Waals surface area contributed by atoms with E-state index in [9.17, 15) is 4.79 Å². The fourth-order valence-corrected chi connectivity index (χ4v) is 1.23. The Bertz CT molecular complexity index is 367. The van der Waals surface area contributed by atoms with Crippen LogP contribution in [0.25, 0.3) is 0 Å². The number of aliphatic carboxylic acids is 1. The molecule has 0 saturated carbocycles. The predicted molar refractivity (Wildman–Crippen MR) is 61.4 cm³/mol. The number of hydrogen-bond acceptors (Lipinski definition) is 5. The lowest BCUT2D eigenvalue weighted by molar-refractivity contribution is -0.138. The van der Waals surface area contributed by atoms with Gasteiger partial charge in [-0.2, -0.15) is 0 Å². The second-order valence-corrected chi connectivity index (χ2v) is 3.58. The van der Waals surface area contributed by atoms with Gasteiger partial charge in [0.1, 0.15) is 18.3 Å². The van der Waals surface area contributed by atoms with E-state index in [4.69, 9.17) is 25.6 Å². The summed E-state index contributed by atoms with van der Waals surface area (Å²) >= 11 is 0. The molecule has 92 valence electrons. The molecule has 17 heavy (non-hydrogen) atoms. The molecule has 0 aliphatic rings. The molecular weight excluding hydrogens is 225 g/mol. The third-order valence-electron chi connectivity index (χ3n) is 2.10. The Hall–Kier alpha value is -1.57. The average molecular weight is 239 g/mol. The highest BCUT2D eigenvalue weighted by Gasteiger charge is 2.12. The van der Waals surface area contributed by atoms with Gasteiger partial charge in [-0.1, -0.05) is 12.1 Å². The van der Waals surface area contributed by atoms with Crippen molar-refractivity contribution in [1.29, 1.82) is 0 Å². The number of rotatable bonds is 6. The standard InChI is InChI=1S/C10H14BNO5/c12-9(10(13)14)5-7-1-3-8(4-2-7)17-6-11(15)16/h1-4,9,15-16H,5-6,12H2,(H,13,14). The van der Waals surface area contributed by atoms with Crippen molar-refractivity contribution in [3.8, 4) is 5.75 Å². The van der Waals surface area contributed by atoms with Gasteiger partial charge in [0.2, 0.25) is 0 Å².